The lowest BCUT2D eigenvalue weighted by atomic mass is 10.1. The molecule has 0 bridgehead atoms. The Kier molecular flexibility index (Phi) is 7.12. The number of anilines is 1. The van der Waals surface area contributed by atoms with E-state index in [2.05, 4.69) is 10.1 Å². The summed E-state index contributed by atoms with van der Waals surface area (Å²) in [7, 11) is 4.27. The number of nitrogens with one attached hydrogen (secondary N) is 1. The van der Waals surface area contributed by atoms with Crippen molar-refractivity contribution in [3.63, 3.8) is 0 Å². The van der Waals surface area contributed by atoms with Crippen LogP contribution in [0.1, 0.15) is 50.3 Å². The highest BCUT2D eigenvalue weighted by atomic mass is 16.5. The molecule has 0 unspecified atom stereocenters. The van der Waals surface area contributed by atoms with Crippen LogP contribution in [0.2, 0.25) is 0 Å². The van der Waals surface area contributed by atoms with E-state index in [1.54, 1.807) is 17.0 Å². The Morgan fingerprint density at radius 2 is 1.42 bits per heavy atom. The molecule has 3 rings (SSSR count). The molecule has 164 valence electrons. The van der Waals surface area contributed by atoms with Crippen LogP contribution >= 0.6 is 0 Å². The molecule has 0 aliphatic carbocycles. The molecule has 1 N–H and O–H groups in total. The number of hydrogen-bond acceptors (Lipinski definition) is 6. The number of nitrogens with zero attached hydrogens (tertiary/aromatic N) is 1. The third kappa shape index (κ3) is 4.96. The van der Waals surface area contributed by atoms with Crippen molar-refractivity contribution in [2.24, 2.45) is 0 Å². The maximum Gasteiger partial charge on any atom is 0.337 e. The summed E-state index contributed by atoms with van der Waals surface area (Å²) >= 11 is 0. The van der Waals surface area contributed by atoms with Crippen LogP contribution in [0.15, 0.2) is 36.4 Å². The van der Waals surface area contributed by atoms with Crippen molar-refractivity contribution in [1.82, 2.24) is 4.90 Å². The Hall–Kier alpha value is -3.55. The fourth-order valence-corrected chi connectivity index (χ4v) is 3.50. The first-order chi connectivity index (χ1) is 15.0. The number of carbonyl (C=O) groups is 3. The van der Waals surface area contributed by atoms with E-state index in [0.717, 1.165) is 19.3 Å². The van der Waals surface area contributed by atoms with E-state index in [9.17, 15) is 14.4 Å². The van der Waals surface area contributed by atoms with Gasteiger partial charge in [-0.05, 0) is 49.6 Å². The van der Waals surface area contributed by atoms with Gasteiger partial charge in [0.25, 0.3) is 11.8 Å². The number of likely N-dealkylation sites (tertiary alicyclic amines) is 1. The number of benzene rings is 2. The van der Waals surface area contributed by atoms with Gasteiger partial charge in [0.2, 0.25) is 0 Å². The van der Waals surface area contributed by atoms with Gasteiger partial charge in [-0.25, -0.2) is 4.79 Å². The van der Waals surface area contributed by atoms with Crippen molar-refractivity contribution in [2.45, 2.75) is 19.3 Å². The zero-order chi connectivity index (χ0) is 22.4. The van der Waals surface area contributed by atoms with Crippen LogP contribution in [-0.4, -0.2) is 57.1 Å². The van der Waals surface area contributed by atoms with Crippen LogP contribution in [0.3, 0.4) is 0 Å². The number of carbonyl (C=O) groups excluding carboxylic acids is 3. The van der Waals surface area contributed by atoms with E-state index in [1.807, 2.05) is 0 Å². The molecule has 8 heteroatoms. The highest BCUT2D eigenvalue weighted by Gasteiger charge is 2.24. The quantitative estimate of drug-likeness (QED) is 0.712. The van der Waals surface area contributed by atoms with Gasteiger partial charge >= 0.3 is 5.97 Å². The maximum absolute atomic E-state index is 13.2. The molecule has 2 amide bonds. The number of hydrogen-bond donors (Lipinski definition) is 1. The van der Waals surface area contributed by atoms with Crippen molar-refractivity contribution < 1.29 is 28.6 Å². The first-order valence-electron chi connectivity index (χ1n) is 10.0. The van der Waals surface area contributed by atoms with Crippen molar-refractivity contribution in [3.05, 3.63) is 53.1 Å². The molecule has 1 saturated heterocycles. The second-order valence-corrected chi connectivity index (χ2v) is 7.13. The predicted molar refractivity (Wildman–Crippen MR) is 115 cm³/mol. The Bertz CT molecular complexity index is 965. The van der Waals surface area contributed by atoms with Crippen LogP contribution in [0.5, 0.6) is 11.5 Å². The van der Waals surface area contributed by atoms with Gasteiger partial charge in [-0.3, -0.25) is 9.59 Å². The molecule has 1 fully saturated rings. The lowest BCUT2D eigenvalue weighted by molar-refractivity contribution is 0.0600. The average Bonchev–Trinajstić information content (AvgIpc) is 2.83. The predicted octanol–water partition coefficient (Wildman–Crippen LogP) is 3.37. The van der Waals surface area contributed by atoms with Crippen LogP contribution in [0.4, 0.5) is 5.69 Å². The molecule has 0 saturated carbocycles. The fourth-order valence-electron chi connectivity index (χ4n) is 3.50. The molecular weight excluding hydrogens is 400 g/mol. The summed E-state index contributed by atoms with van der Waals surface area (Å²) in [4.78, 5) is 39.4. The summed E-state index contributed by atoms with van der Waals surface area (Å²) in [6.45, 7) is 1.35. The molecule has 0 spiro atoms. The lowest BCUT2D eigenvalue weighted by Gasteiger charge is -2.28. The van der Waals surface area contributed by atoms with Gasteiger partial charge in [0.05, 0.1) is 38.1 Å². The van der Waals surface area contributed by atoms with Gasteiger partial charge in [-0.1, -0.05) is 0 Å². The molecule has 2 aromatic rings. The van der Waals surface area contributed by atoms with E-state index < -0.39 is 11.9 Å². The van der Waals surface area contributed by atoms with Crippen LogP contribution < -0.4 is 14.8 Å². The molecule has 1 heterocycles. The largest absolute Gasteiger partial charge is 0.493 e. The average molecular weight is 426 g/mol. The fraction of sp³-hybridized carbons (Fsp3) is 0.348. The van der Waals surface area contributed by atoms with E-state index in [-0.39, 0.29) is 5.91 Å². The highest BCUT2D eigenvalue weighted by Crippen LogP contribution is 2.34. The summed E-state index contributed by atoms with van der Waals surface area (Å²) in [6.07, 6.45) is 3.00. The summed E-state index contributed by atoms with van der Waals surface area (Å²) in [6, 6.07) is 9.23. The van der Waals surface area contributed by atoms with Gasteiger partial charge in [-0.15, -0.1) is 0 Å². The van der Waals surface area contributed by atoms with Crippen molar-refractivity contribution in [1.29, 1.82) is 0 Å². The molecule has 31 heavy (non-hydrogen) atoms. The van der Waals surface area contributed by atoms with Gasteiger partial charge in [0.15, 0.2) is 11.5 Å². The zero-order valence-corrected chi connectivity index (χ0v) is 17.9. The van der Waals surface area contributed by atoms with E-state index in [1.165, 1.54) is 45.6 Å². The number of rotatable bonds is 6. The van der Waals surface area contributed by atoms with Gasteiger partial charge < -0.3 is 24.4 Å². The SMILES string of the molecule is COC(=O)c1ccc(C(=O)Nc2cc(OC)c(OC)cc2C(=O)N2CCCCC2)cc1. The molecule has 0 atom stereocenters. The van der Waals surface area contributed by atoms with Gasteiger partial charge in [0, 0.05) is 24.7 Å². The number of esters is 1. The van der Waals surface area contributed by atoms with E-state index in [0.29, 0.717) is 47.0 Å². The van der Waals surface area contributed by atoms with Crippen molar-refractivity contribution >= 4 is 23.5 Å². The number of methoxy groups -OCH3 is 3. The van der Waals surface area contributed by atoms with Crippen LogP contribution in [0.25, 0.3) is 0 Å². The summed E-state index contributed by atoms with van der Waals surface area (Å²) in [5, 5.41) is 2.80. The van der Waals surface area contributed by atoms with Gasteiger partial charge in [0.1, 0.15) is 0 Å². The Morgan fingerprint density at radius 1 is 0.839 bits per heavy atom. The number of piperidine rings is 1. The smallest absolute Gasteiger partial charge is 0.337 e. The molecule has 1 aliphatic rings. The second kappa shape index (κ2) is 9.97. The number of amides is 2. The summed E-state index contributed by atoms with van der Waals surface area (Å²) in [5.41, 5.74) is 1.33. The molecule has 1 aliphatic heterocycles. The van der Waals surface area contributed by atoms with Crippen molar-refractivity contribution in [3.8, 4) is 11.5 Å². The third-order valence-corrected chi connectivity index (χ3v) is 5.21. The van der Waals surface area contributed by atoms with E-state index >= 15 is 0 Å². The van der Waals surface area contributed by atoms with Gasteiger partial charge in [-0.2, -0.15) is 0 Å². The first kappa shape index (κ1) is 22.1. The molecule has 2 aromatic carbocycles. The summed E-state index contributed by atoms with van der Waals surface area (Å²) < 4.78 is 15.4. The lowest BCUT2D eigenvalue weighted by Crippen LogP contribution is -2.36. The Labute approximate surface area is 181 Å². The van der Waals surface area contributed by atoms with Crippen molar-refractivity contribution in [2.75, 3.05) is 39.7 Å². The number of ether oxygens (including phenoxy) is 3. The third-order valence-electron chi connectivity index (χ3n) is 5.21. The minimum atomic E-state index is -0.485. The minimum absolute atomic E-state index is 0.169. The Morgan fingerprint density at radius 3 is 2.00 bits per heavy atom. The molecule has 0 radical (unpaired) electrons. The highest BCUT2D eigenvalue weighted by molar-refractivity contribution is 6.09. The Balaban J connectivity index is 1.91. The summed E-state index contributed by atoms with van der Waals surface area (Å²) in [5.74, 6) is -0.271. The normalized spacial score (nSPS) is 13.3. The zero-order valence-electron chi connectivity index (χ0n) is 17.9. The second-order valence-electron chi connectivity index (χ2n) is 7.13. The van der Waals surface area contributed by atoms with E-state index in [4.69, 9.17) is 9.47 Å². The standard InChI is InChI=1S/C23H26N2O6/c1-29-19-13-17(22(27)25-11-5-4-6-12-25)18(14-20(19)30-2)24-21(26)15-7-9-16(10-8-15)23(28)31-3/h7-10,13-14H,4-6,11-12H2,1-3H3,(H,24,26). The van der Waals surface area contributed by atoms with Crippen LogP contribution in [-0.2, 0) is 4.74 Å². The molecule has 8 nitrogen and oxygen atoms in total. The van der Waals surface area contributed by atoms with Crippen LogP contribution in [0, 0.1) is 0 Å². The monoisotopic (exact) mass is 426 g/mol. The minimum Gasteiger partial charge on any atom is -0.493 e. The maximum atomic E-state index is 13.2. The first-order valence-corrected chi connectivity index (χ1v) is 10.0. The molecule has 0 aromatic heterocycles. The molecular formula is C23H26N2O6. The topological polar surface area (TPSA) is 94.2 Å².